The fourth-order valence-corrected chi connectivity index (χ4v) is 2.71. The van der Waals surface area contributed by atoms with Gasteiger partial charge in [0.1, 0.15) is 5.69 Å². The van der Waals surface area contributed by atoms with E-state index in [0.29, 0.717) is 29.2 Å². The van der Waals surface area contributed by atoms with E-state index in [1.807, 2.05) is 19.9 Å². The number of esters is 2. The Hall–Kier alpha value is -3.68. The second kappa shape index (κ2) is 9.01. The summed E-state index contributed by atoms with van der Waals surface area (Å²) in [7, 11) is 0. The molecule has 0 radical (unpaired) electrons. The lowest BCUT2D eigenvalue weighted by atomic mass is 10.1. The molecule has 0 amide bonds. The second-order valence-corrected chi connectivity index (χ2v) is 6.09. The van der Waals surface area contributed by atoms with Crippen molar-refractivity contribution in [2.75, 3.05) is 13.2 Å². The highest BCUT2D eigenvalue weighted by molar-refractivity contribution is 5.94. The van der Waals surface area contributed by atoms with E-state index in [1.165, 1.54) is 0 Å². The van der Waals surface area contributed by atoms with Crippen LogP contribution in [0.2, 0.25) is 0 Å². The van der Waals surface area contributed by atoms with Gasteiger partial charge in [-0.2, -0.15) is 10.3 Å². The molecular weight excluding hydrogens is 374 g/mol. The molecule has 1 aromatic heterocycles. The van der Waals surface area contributed by atoms with Crippen LogP contribution in [0.5, 0.6) is 11.5 Å². The Bertz CT molecular complexity index is 1030. The Labute approximate surface area is 167 Å². The quantitative estimate of drug-likeness (QED) is 0.482. The Balaban J connectivity index is 1.91. The maximum absolute atomic E-state index is 12.5. The number of benzene rings is 2. The van der Waals surface area contributed by atoms with E-state index in [0.717, 1.165) is 5.56 Å². The summed E-state index contributed by atoms with van der Waals surface area (Å²) >= 11 is 0. The fourth-order valence-electron chi connectivity index (χ4n) is 2.71. The first kappa shape index (κ1) is 20.1. The fraction of sp³-hybridized carbons (Fsp3) is 0.238. The summed E-state index contributed by atoms with van der Waals surface area (Å²) in [5.74, 6) is -0.452. The van der Waals surface area contributed by atoms with Crippen LogP contribution in [0, 0.1) is 6.92 Å². The van der Waals surface area contributed by atoms with Gasteiger partial charge in [-0.05, 0) is 51.1 Å². The molecular formula is C21H21N3O5. The third-order valence-corrected chi connectivity index (χ3v) is 3.99. The number of carbonyl (C=O) groups is 2. The molecule has 0 spiro atoms. The van der Waals surface area contributed by atoms with Gasteiger partial charge in [0.05, 0.1) is 18.8 Å². The average Bonchev–Trinajstić information content (AvgIpc) is 3.19. The lowest BCUT2D eigenvalue weighted by Gasteiger charge is -2.12. The predicted octanol–water partition coefficient (Wildman–Crippen LogP) is 3.57. The van der Waals surface area contributed by atoms with Gasteiger partial charge in [0.2, 0.25) is 0 Å². The van der Waals surface area contributed by atoms with E-state index < -0.39 is 11.9 Å². The van der Waals surface area contributed by atoms with Crippen molar-refractivity contribution in [3.63, 3.8) is 0 Å². The number of aryl methyl sites for hydroxylation is 1. The van der Waals surface area contributed by atoms with Crippen LogP contribution in [0.3, 0.4) is 0 Å². The molecule has 3 rings (SSSR count). The van der Waals surface area contributed by atoms with Crippen molar-refractivity contribution in [1.82, 2.24) is 15.4 Å². The number of aromatic nitrogens is 3. The van der Waals surface area contributed by atoms with Crippen molar-refractivity contribution < 1.29 is 23.8 Å². The lowest BCUT2D eigenvalue weighted by Crippen LogP contribution is -2.10. The molecule has 8 nitrogen and oxygen atoms in total. The highest BCUT2D eigenvalue weighted by Gasteiger charge is 2.21. The van der Waals surface area contributed by atoms with Crippen LogP contribution in [0.25, 0.3) is 11.3 Å². The number of hydrogen-bond acceptors (Lipinski definition) is 7. The molecule has 0 saturated heterocycles. The highest BCUT2D eigenvalue weighted by Crippen LogP contribution is 2.33. The molecule has 2 aromatic carbocycles. The highest BCUT2D eigenvalue weighted by atomic mass is 16.6. The average molecular weight is 395 g/mol. The van der Waals surface area contributed by atoms with Crippen LogP contribution >= 0.6 is 0 Å². The second-order valence-electron chi connectivity index (χ2n) is 6.09. The first-order chi connectivity index (χ1) is 14.0. The Morgan fingerprint density at radius 3 is 2.52 bits per heavy atom. The normalized spacial score (nSPS) is 10.4. The molecule has 1 heterocycles. The minimum atomic E-state index is -0.579. The van der Waals surface area contributed by atoms with E-state index in [-0.39, 0.29) is 18.1 Å². The maximum atomic E-state index is 12.5. The molecule has 0 aliphatic carbocycles. The SMILES string of the molecule is CCOC(=O)c1n[nH]nc1-c1ccc(OC(=O)c2cccc(C)c2)c(OCC)c1. The van der Waals surface area contributed by atoms with Crippen LogP contribution in [-0.4, -0.2) is 40.6 Å². The number of nitrogens with zero attached hydrogens (tertiary/aromatic N) is 2. The van der Waals surface area contributed by atoms with Crippen molar-refractivity contribution in [3.8, 4) is 22.8 Å². The number of ether oxygens (including phenoxy) is 3. The van der Waals surface area contributed by atoms with Crippen LogP contribution < -0.4 is 9.47 Å². The molecule has 150 valence electrons. The third-order valence-electron chi connectivity index (χ3n) is 3.99. The maximum Gasteiger partial charge on any atom is 0.361 e. The van der Waals surface area contributed by atoms with Gasteiger partial charge in [0.25, 0.3) is 0 Å². The molecule has 3 aromatic rings. The van der Waals surface area contributed by atoms with Crippen LogP contribution in [0.4, 0.5) is 0 Å². The number of hydrogen-bond donors (Lipinski definition) is 1. The Morgan fingerprint density at radius 2 is 1.79 bits per heavy atom. The molecule has 0 atom stereocenters. The van der Waals surface area contributed by atoms with Crippen molar-refractivity contribution in [3.05, 3.63) is 59.3 Å². The van der Waals surface area contributed by atoms with Gasteiger partial charge < -0.3 is 14.2 Å². The zero-order chi connectivity index (χ0) is 20.8. The first-order valence-corrected chi connectivity index (χ1v) is 9.17. The number of carbonyl (C=O) groups excluding carboxylic acids is 2. The zero-order valence-corrected chi connectivity index (χ0v) is 16.4. The zero-order valence-electron chi connectivity index (χ0n) is 16.4. The summed E-state index contributed by atoms with van der Waals surface area (Å²) < 4.78 is 16.2. The molecule has 0 bridgehead atoms. The molecule has 0 aliphatic heterocycles. The summed E-state index contributed by atoms with van der Waals surface area (Å²) in [6.07, 6.45) is 0. The summed E-state index contributed by atoms with van der Waals surface area (Å²) in [6, 6.07) is 12.0. The standard InChI is InChI=1S/C21H21N3O5/c1-4-27-17-12-14(18-19(23-24-22-18)21(26)28-5-2)9-10-16(17)29-20(25)15-8-6-7-13(3)11-15/h6-12H,4-5H2,1-3H3,(H,22,23,24). The van der Waals surface area contributed by atoms with Gasteiger partial charge in [0, 0.05) is 5.56 Å². The number of rotatable bonds is 7. The topological polar surface area (TPSA) is 103 Å². The van der Waals surface area contributed by atoms with Crippen LogP contribution in [-0.2, 0) is 4.74 Å². The number of nitrogens with one attached hydrogen (secondary N) is 1. The molecule has 0 saturated carbocycles. The smallest absolute Gasteiger partial charge is 0.361 e. The van der Waals surface area contributed by atoms with Gasteiger partial charge in [-0.1, -0.05) is 17.7 Å². The molecule has 0 aliphatic rings. The largest absolute Gasteiger partial charge is 0.490 e. The number of aromatic amines is 1. The Morgan fingerprint density at radius 1 is 0.966 bits per heavy atom. The molecule has 0 unspecified atom stereocenters. The third kappa shape index (κ3) is 4.60. The van der Waals surface area contributed by atoms with Gasteiger partial charge in [0.15, 0.2) is 17.2 Å². The van der Waals surface area contributed by atoms with E-state index in [1.54, 1.807) is 43.3 Å². The summed E-state index contributed by atoms with van der Waals surface area (Å²) in [5.41, 5.74) is 2.36. The van der Waals surface area contributed by atoms with Gasteiger partial charge in [-0.25, -0.2) is 9.59 Å². The van der Waals surface area contributed by atoms with Gasteiger partial charge >= 0.3 is 11.9 Å². The van der Waals surface area contributed by atoms with Crippen molar-refractivity contribution in [2.24, 2.45) is 0 Å². The predicted molar refractivity (Wildman–Crippen MR) is 105 cm³/mol. The number of H-pyrrole nitrogens is 1. The van der Waals surface area contributed by atoms with E-state index in [4.69, 9.17) is 14.2 Å². The minimum Gasteiger partial charge on any atom is -0.490 e. The van der Waals surface area contributed by atoms with E-state index >= 15 is 0 Å². The molecule has 8 heteroatoms. The Kier molecular flexibility index (Phi) is 6.23. The summed E-state index contributed by atoms with van der Waals surface area (Å²) in [4.78, 5) is 24.5. The molecule has 1 N–H and O–H groups in total. The van der Waals surface area contributed by atoms with Crippen molar-refractivity contribution in [1.29, 1.82) is 0 Å². The van der Waals surface area contributed by atoms with Crippen LogP contribution in [0.1, 0.15) is 40.3 Å². The molecule has 29 heavy (non-hydrogen) atoms. The van der Waals surface area contributed by atoms with E-state index in [2.05, 4.69) is 15.4 Å². The van der Waals surface area contributed by atoms with Gasteiger partial charge in [-0.3, -0.25) is 0 Å². The van der Waals surface area contributed by atoms with Crippen molar-refractivity contribution >= 4 is 11.9 Å². The summed E-state index contributed by atoms with van der Waals surface area (Å²) in [5, 5.41) is 10.3. The monoisotopic (exact) mass is 395 g/mol. The summed E-state index contributed by atoms with van der Waals surface area (Å²) in [6.45, 7) is 6.02. The minimum absolute atomic E-state index is 0.0683. The van der Waals surface area contributed by atoms with Crippen molar-refractivity contribution in [2.45, 2.75) is 20.8 Å². The molecule has 0 fully saturated rings. The first-order valence-electron chi connectivity index (χ1n) is 9.17. The van der Waals surface area contributed by atoms with Crippen LogP contribution in [0.15, 0.2) is 42.5 Å². The van der Waals surface area contributed by atoms with E-state index in [9.17, 15) is 9.59 Å². The van der Waals surface area contributed by atoms with Gasteiger partial charge in [-0.15, -0.1) is 5.10 Å². The lowest BCUT2D eigenvalue weighted by molar-refractivity contribution is 0.0520.